The van der Waals surface area contributed by atoms with Gasteiger partial charge in [-0.1, -0.05) is 30.1 Å². The lowest BCUT2D eigenvalue weighted by atomic mass is 9.99. The maximum absolute atomic E-state index is 11.0. The Morgan fingerprint density at radius 2 is 1.92 bits per heavy atom. The number of hydrogen-bond acceptors (Lipinski definition) is 5. The van der Waals surface area contributed by atoms with Crippen molar-refractivity contribution in [1.29, 1.82) is 0 Å². The predicted octanol–water partition coefficient (Wildman–Crippen LogP) is 3.35. The van der Waals surface area contributed by atoms with Crippen molar-refractivity contribution in [3.8, 4) is 0 Å². The zero-order valence-electron chi connectivity index (χ0n) is 13.5. The number of halogens is 1. The molecule has 6 nitrogen and oxygen atoms in total. The molecule has 7 heteroatoms. The molecule has 1 aliphatic rings. The molecule has 0 bridgehead atoms. The van der Waals surface area contributed by atoms with E-state index in [2.05, 4.69) is 15.5 Å². The second-order valence-electron chi connectivity index (χ2n) is 5.96. The second kappa shape index (κ2) is 7.59. The summed E-state index contributed by atoms with van der Waals surface area (Å²) in [4.78, 5) is 15.4. The van der Waals surface area contributed by atoms with Crippen molar-refractivity contribution in [2.45, 2.75) is 38.1 Å². The molecule has 1 amide bonds. The number of aromatic nitrogens is 2. The van der Waals surface area contributed by atoms with Crippen LogP contribution in [0.3, 0.4) is 0 Å². The van der Waals surface area contributed by atoms with Crippen LogP contribution in [0.15, 0.2) is 28.8 Å². The molecule has 0 aliphatic heterocycles. The molecule has 3 rings (SSSR count). The van der Waals surface area contributed by atoms with Crippen LogP contribution in [0.25, 0.3) is 12.2 Å². The highest BCUT2D eigenvalue weighted by atomic mass is 35.5. The van der Waals surface area contributed by atoms with Crippen LogP contribution in [0.4, 0.5) is 5.69 Å². The van der Waals surface area contributed by atoms with Gasteiger partial charge in [0.05, 0.1) is 5.54 Å². The summed E-state index contributed by atoms with van der Waals surface area (Å²) in [6.07, 6.45) is 7.67. The lowest BCUT2D eigenvalue weighted by molar-refractivity contribution is -0.114. The van der Waals surface area contributed by atoms with E-state index in [1.54, 1.807) is 6.08 Å². The summed E-state index contributed by atoms with van der Waals surface area (Å²) < 4.78 is 5.26. The molecule has 1 fully saturated rings. The van der Waals surface area contributed by atoms with Gasteiger partial charge in [0, 0.05) is 18.7 Å². The number of benzene rings is 1. The quantitative estimate of drug-likeness (QED) is 0.883. The summed E-state index contributed by atoms with van der Waals surface area (Å²) in [6, 6.07) is 7.49. The number of nitrogens with zero attached hydrogens (tertiary/aromatic N) is 2. The molecular weight excluding hydrogens is 328 g/mol. The van der Waals surface area contributed by atoms with E-state index in [9.17, 15) is 4.79 Å². The summed E-state index contributed by atoms with van der Waals surface area (Å²) in [5.41, 5.74) is 7.62. The Morgan fingerprint density at radius 1 is 1.25 bits per heavy atom. The minimum atomic E-state index is -0.435. The highest BCUT2D eigenvalue weighted by Crippen LogP contribution is 2.34. The number of anilines is 1. The van der Waals surface area contributed by atoms with Gasteiger partial charge < -0.3 is 15.6 Å². The van der Waals surface area contributed by atoms with Gasteiger partial charge in [-0.2, -0.15) is 4.98 Å². The van der Waals surface area contributed by atoms with Gasteiger partial charge in [-0.05, 0) is 36.6 Å². The Kier molecular flexibility index (Phi) is 5.75. The average Bonchev–Trinajstić information content (AvgIpc) is 3.16. The van der Waals surface area contributed by atoms with E-state index in [1.807, 2.05) is 30.3 Å². The first-order valence-electron chi connectivity index (χ1n) is 7.74. The van der Waals surface area contributed by atoms with E-state index in [0.29, 0.717) is 11.7 Å². The molecular formula is C17H21ClN4O2. The number of nitrogens with two attached hydrogens (primary N) is 1. The molecule has 3 N–H and O–H groups in total. The molecule has 1 heterocycles. The van der Waals surface area contributed by atoms with Gasteiger partial charge in [0.2, 0.25) is 5.91 Å². The molecule has 1 aliphatic carbocycles. The molecule has 1 aromatic carbocycles. The zero-order chi connectivity index (χ0) is 16.3. The summed E-state index contributed by atoms with van der Waals surface area (Å²) in [7, 11) is 0. The number of carbonyl (C=O) groups is 1. The summed E-state index contributed by atoms with van der Waals surface area (Å²) in [5.74, 6) is 0.952. The fourth-order valence-electron chi connectivity index (χ4n) is 2.78. The van der Waals surface area contributed by atoms with Crippen LogP contribution >= 0.6 is 12.4 Å². The van der Waals surface area contributed by atoms with E-state index in [-0.39, 0.29) is 18.3 Å². The normalized spacial score (nSPS) is 16.1. The molecule has 128 valence electrons. The highest BCUT2D eigenvalue weighted by molar-refractivity contribution is 5.88. The van der Waals surface area contributed by atoms with Gasteiger partial charge in [-0.25, -0.2) is 0 Å². The van der Waals surface area contributed by atoms with E-state index in [0.717, 1.165) is 36.9 Å². The third-order valence-corrected chi connectivity index (χ3v) is 4.03. The first-order chi connectivity index (χ1) is 11.0. The molecule has 0 unspecified atom stereocenters. The Labute approximate surface area is 146 Å². The van der Waals surface area contributed by atoms with Gasteiger partial charge in [-0.3, -0.25) is 4.79 Å². The van der Waals surface area contributed by atoms with Crippen molar-refractivity contribution in [3.63, 3.8) is 0 Å². The van der Waals surface area contributed by atoms with Crippen LogP contribution in [0.2, 0.25) is 0 Å². The number of carbonyl (C=O) groups excluding carboxylic acids is 1. The lowest BCUT2D eigenvalue weighted by Crippen LogP contribution is -2.34. The van der Waals surface area contributed by atoms with Crippen LogP contribution in [-0.4, -0.2) is 16.0 Å². The Hall–Kier alpha value is -2.18. The average molecular weight is 349 g/mol. The highest BCUT2D eigenvalue weighted by Gasteiger charge is 2.35. The predicted molar refractivity (Wildman–Crippen MR) is 95.6 cm³/mol. The first kappa shape index (κ1) is 18.2. The minimum Gasteiger partial charge on any atom is -0.335 e. The summed E-state index contributed by atoms with van der Waals surface area (Å²) in [5, 5.41) is 6.75. The van der Waals surface area contributed by atoms with Gasteiger partial charge in [0.1, 0.15) is 0 Å². The Morgan fingerprint density at radius 3 is 2.54 bits per heavy atom. The lowest BCUT2D eigenvalue weighted by Gasteiger charge is -2.17. The topological polar surface area (TPSA) is 94.0 Å². The molecule has 0 saturated heterocycles. The molecule has 1 saturated carbocycles. The van der Waals surface area contributed by atoms with E-state index in [4.69, 9.17) is 10.3 Å². The van der Waals surface area contributed by atoms with Gasteiger partial charge in [-0.15, -0.1) is 12.4 Å². The van der Waals surface area contributed by atoms with Crippen LogP contribution in [0.5, 0.6) is 0 Å². The number of amides is 1. The van der Waals surface area contributed by atoms with E-state index in [1.165, 1.54) is 6.92 Å². The molecule has 1 aromatic heterocycles. The first-order valence-corrected chi connectivity index (χ1v) is 7.74. The molecule has 2 aromatic rings. The van der Waals surface area contributed by atoms with Gasteiger partial charge in [0.25, 0.3) is 5.89 Å². The summed E-state index contributed by atoms with van der Waals surface area (Å²) >= 11 is 0. The smallest absolute Gasteiger partial charge is 0.250 e. The molecule has 24 heavy (non-hydrogen) atoms. The van der Waals surface area contributed by atoms with Crippen LogP contribution in [0.1, 0.15) is 49.9 Å². The minimum absolute atomic E-state index is 0. The van der Waals surface area contributed by atoms with Gasteiger partial charge >= 0.3 is 0 Å². The monoisotopic (exact) mass is 348 g/mol. The van der Waals surface area contributed by atoms with Crippen LogP contribution < -0.4 is 11.1 Å². The van der Waals surface area contributed by atoms with Crippen LogP contribution in [0, 0.1) is 0 Å². The Bertz CT molecular complexity index is 718. The fourth-order valence-corrected chi connectivity index (χ4v) is 2.78. The van der Waals surface area contributed by atoms with E-state index >= 15 is 0 Å². The zero-order valence-corrected chi connectivity index (χ0v) is 14.3. The number of rotatable bonds is 4. The van der Waals surface area contributed by atoms with Crippen molar-refractivity contribution in [3.05, 3.63) is 41.5 Å². The maximum atomic E-state index is 11.0. The number of nitrogens with one attached hydrogen (secondary N) is 1. The van der Waals surface area contributed by atoms with Gasteiger partial charge in [0.15, 0.2) is 5.82 Å². The number of hydrogen-bond donors (Lipinski definition) is 2. The fraction of sp³-hybridized carbons (Fsp3) is 0.353. The Balaban J connectivity index is 0.00000208. The van der Waals surface area contributed by atoms with Crippen molar-refractivity contribution < 1.29 is 9.32 Å². The maximum Gasteiger partial charge on any atom is 0.250 e. The van der Waals surface area contributed by atoms with Crippen LogP contribution in [-0.2, 0) is 10.3 Å². The molecule has 0 spiro atoms. The van der Waals surface area contributed by atoms with Crippen molar-refractivity contribution in [2.75, 3.05) is 5.32 Å². The van der Waals surface area contributed by atoms with Crippen molar-refractivity contribution in [2.24, 2.45) is 5.73 Å². The third kappa shape index (κ3) is 4.21. The summed E-state index contributed by atoms with van der Waals surface area (Å²) in [6.45, 7) is 1.48. The largest absolute Gasteiger partial charge is 0.335 e. The van der Waals surface area contributed by atoms with Crippen molar-refractivity contribution >= 4 is 36.2 Å². The van der Waals surface area contributed by atoms with E-state index < -0.39 is 5.54 Å². The SMILES string of the molecule is CC(=O)Nc1ccc(/C=C/c2nc(C3(N)CCCC3)no2)cc1.Cl. The molecule has 0 atom stereocenters. The molecule has 0 radical (unpaired) electrons. The standard InChI is InChI=1S/C17H20N4O2.ClH/c1-12(22)19-14-7-4-13(5-8-14)6-9-15-20-16(21-23-15)17(18)10-2-3-11-17;/h4-9H,2-3,10-11,18H2,1H3,(H,19,22);1H/b9-6+;. The van der Waals surface area contributed by atoms with Crippen molar-refractivity contribution in [1.82, 2.24) is 10.1 Å². The third-order valence-electron chi connectivity index (χ3n) is 4.03. The second-order valence-corrected chi connectivity index (χ2v) is 5.96.